The quantitative estimate of drug-likeness (QED) is 0.494. The zero-order valence-corrected chi connectivity index (χ0v) is 17.7. The maximum Gasteiger partial charge on any atom is 0.163 e. The number of nitrogen functional groups attached to an aromatic ring is 1. The first-order chi connectivity index (χ1) is 14.4. The van der Waals surface area contributed by atoms with Gasteiger partial charge in [0.05, 0.1) is 29.8 Å². The number of nitrogens with zero attached hydrogens (tertiary/aromatic N) is 1. The van der Waals surface area contributed by atoms with Crippen LogP contribution in [0.3, 0.4) is 0 Å². The summed E-state index contributed by atoms with van der Waals surface area (Å²) in [7, 11) is 1.56. The average Bonchev–Trinajstić information content (AvgIpc) is 2.73. The van der Waals surface area contributed by atoms with E-state index in [0.717, 1.165) is 11.3 Å². The number of rotatable bonds is 5. The zero-order chi connectivity index (χ0) is 21.3. The number of anilines is 2. The predicted molar refractivity (Wildman–Crippen MR) is 122 cm³/mol. The van der Waals surface area contributed by atoms with Crippen molar-refractivity contribution in [3.63, 3.8) is 0 Å². The molecule has 1 unspecified atom stereocenters. The number of nitrogens with two attached hydrogens (primary N) is 2. The molecule has 0 saturated carbocycles. The minimum atomic E-state index is -1.16. The van der Waals surface area contributed by atoms with Gasteiger partial charge in [0.25, 0.3) is 0 Å². The van der Waals surface area contributed by atoms with Crippen LogP contribution in [-0.4, -0.2) is 13.4 Å². The molecule has 4 rings (SSSR count). The summed E-state index contributed by atoms with van der Waals surface area (Å²) in [6.07, 6.45) is 1.55. The van der Waals surface area contributed by atoms with Gasteiger partial charge in [-0.2, -0.15) is 0 Å². The number of methoxy groups -OCH3 is 1. The van der Waals surface area contributed by atoms with E-state index in [1.807, 2.05) is 30.3 Å². The number of hydrogen-bond acceptors (Lipinski definition) is 6. The number of nitrogens with one attached hydrogen (secondary N) is 1. The van der Waals surface area contributed by atoms with Crippen LogP contribution in [0.25, 0.3) is 0 Å². The van der Waals surface area contributed by atoms with Crippen LogP contribution in [0.15, 0.2) is 59.6 Å². The van der Waals surface area contributed by atoms with E-state index in [1.54, 1.807) is 37.7 Å². The number of ether oxygens (including phenoxy) is 2. The minimum absolute atomic E-state index is 0.342. The van der Waals surface area contributed by atoms with E-state index in [-0.39, 0.29) is 0 Å². The Hall–Kier alpha value is -2.93. The summed E-state index contributed by atoms with van der Waals surface area (Å²) >= 11 is 12.5. The lowest BCUT2D eigenvalue weighted by atomic mass is 9.89. The molecule has 154 valence electrons. The van der Waals surface area contributed by atoms with Gasteiger partial charge in [-0.3, -0.25) is 5.73 Å². The van der Waals surface area contributed by atoms with Crippen molar-refractivity contribution in [3.8, 4) is 11.5 Å². The number of fused-ring (bicyclic) bond motifs is 1. The largest absolute Gasteiger partial charge is 0.495 e. The molecular formula is C22H20Cl2N4O2. The Bertz CT molecular complexity index is 1140. The summed E-state index contributed by atoms with van der Waals surface area (Å²) in [6.45, 7) is 0.342. The second-order valence-corrected chi connectivity index (χ2v) is 7.72. The van der Waals surface area contributed by atoms with E-state index >= 15 is 0 Å². The molecule has 0 radical (unpaired) electrons. The van der Waals surface area contributed by atoms with Gasteiger partial charge in [0, 0.05) is 22.2 Å². The highest BCUT2D eigenvalue weighted by molar-refractivity contribution is 6.32. The van der Waals surface area contributed by atoms with E-state index in [2.05, 4.69) is 10.3 Å². The lowest BCUT2D eigenvalue weighted by Crippen LogP contribution is -2.39. The predicted octanol–water partition coefficient (Wildman–Crippen LogP) is 4.78. The fourth-order valence-electron chi connectivity index (χ4n) is 3.35. The Morgan fingerprint density at radius 3 is 2.63 bits per heavy atom. The van der Waals surface area contributed by atoms with Gasteiger partial charge >= 0.3 is 0 Å². The van der Waals surface area contributed by atoms with Gasteiger partial charge in [-0.15, -0.1) is 0 Å². The lowest BCUT2D eigenvalue weighted by Gasteiger charge is -2.32. The van der Waals surface area contributed by atoms with Gasteiger partial charge < -0.3 is 20.5 Å². The van der Waals surface area contributed by atoms with E-state index in [1.165, 1.54) is 0 Å². The van der Waals surface area contributed by atoms with Crippen molar-refractivity contribution in [2.45, 2.75) is 12.3 Å². The van der Waals surface area contributed by atoms with Crippen LogP contribution in [0.4, 0.5) is 11.4 Å². The summed E-state index contributed by atoms with van der Waals surface area (Å²) in [5.74, 6) is 1.10. The van der Waals surface area contributed by atoms with Gasteiger partial charge in [0.15, 0.2) is 5.66 Å². The smallest absolute Gasteiger partial charge is 0.163 e. The molecule has 5 N–H and O–H groups in total. The molecule has 0 amide bonds. The molecule has 0 aliphatic carbocycles. The third kappa shape index (κ3) is 3.77. The molecule has 0 fully saturated rings. The Balaban J connectivity index is 1.63. The van der Waals surface area contributed by atoms with E-state index in [4.69, 9.17) is 44.1 Å². The highest BCUT2D eigenvalue weighted by Gasteiger charge is 2.34. The second-order valence-electron chi connectivity index (χ2n) is 6.87. The monoisotopic (exact) mass is 442 g/mol. The Morgan fingerprint density at radius 1 is 1.07 bits per heavy atom. The fourth-order valence-corrected chi connectivity index (χ4v) is 3.80. The zero-order valence-electron chi connectivity index (χ0n) is 16.2. The van der Waals surface area contributed by atoms with Crippen LogP contribution in [0.2, 0.25) is 10.0 Å². The molecule has 6 nitrogen and oxygen atoms in total. The molecule has 0 bridgehead atoms. The Morgan fingerprint density at radius 2 is 1.90 bits per heavy atom. The summed E-state index contributed by atoms with van der Waals surface area (Å²) < 4.78 is 11.1. The maximum atomic E-state index is 6.70. The Kier molecular flexibility index (Phi) is 5.47. The van der Waals surface area contributed by atoms with Crippen LogP contribution < -0.4 is 26.3 Å². The third-order valence-electron chi connectivity index (χ3n) is 4.92. The van der Waals surface area contributed by atoms with Crippen molar-refractivity contribution in [1.82, 2.24) is 0 Å². The SMILES string of the molecule is COc1cc2c(cc1N)C(N)(c1ccc(OCc3cccc(Cl)c3)c(Cl)c1)N=CN2. The first-order valence-corrected chi connectivity index (χ1v) is 9.90. The molecule has 3 aromatic carbocycles. The van der Waals surface area contributed by atoms with Crippen LogP contribution in [-0.2, 0) is 12.3 Å². The highest BCUT2D eigenvalue weighted by Crippen LogP contribution is 2.41. The summed E-state index contributed by atoms with van der Waals surface area (Å²) in [5, 5.41) is 4.16. The van der Waals surface area contributed by atoms with Crippen molar-refractivity contribution < 1.29 is 9.47 Å². The molecule has 3 aromatic rings. The number of aliphatic imine (C=N–C) groups is 1. The van der Waals surface area contributed by atoms with E-state index in [9.17, 15) is 0 Å². The second kappa shape index (κ2) is 8.07. The van der Waals surface area contributed by atoms with Crippen LogP contribution in [0.5, 0.6) is 11.5 Å². The molecule has 1 aliphatic heterocycles. The molecule has 0 saturated heterocycles. The van der Waals surface area contributed by atoms with Crippen LogP contribution in [0, 0.1) is 0 Å². The first-order valence-electron chi connectivity index (χ1n) is 9.15. The molecule has 1 heterocycles. The van der Waals surface area contributed by atoms with Crippen molar-refractivity contribution >= 4 is 40.9 Å². The third-order valence-corrected chi connectivity index (χ3v) is 5.45. The maximum absolute atomic E-state index is 6.70. The van der Waals surface area contributed by atoms with Crippen LogP contribution in [0.1, 0.15) is 16.7 Å². The van der Waals surface area contributed by atoms with Crippen molar-refractivity contribution in [3.05, 3.63) is 81.3 Å². The highest BCUT2D eigenvalue weighted by atomic mass is 35.5. The first kappa shape index (κ1) is 20.3. The van der Waals surface area contributed by atoms with Gasteiger partial charge in [0.1, 0.15) is 18.1 Å². The van der Waals surface area contributed by atoms with Gasteiger partial charge in [-0.05, 0) is 35.9 Å². The van der Waals surface area contributed by atoms with Crippen LogP contribution >= 0.6 is 23.2 Å². The number of halogens is 2. The van der Waals surface area contributed by atoms with Crippen molar-refractivity contribution in [2.24, 2.45) is 10.7 Å². The van der Waals surface area contributed by atoms with E-state index < -0.39 is 5.66 Å². The normalized spacial score (nSPS) is 17.2. The fraction of sp³-hybridized carbons (Fsp3) is 0.136. The molecule has 8 heteroatoms. The molecule has 1 aliphatic rings. The average molecular weight is 443 g/mol. The molecule has 30 heavy (non-hydrogen) atoms. The molecule has 1 atom stereocenters. The summed E-state index contributed by atoms with van der Waals surface area (Å²) in [6, 6.07) is 16.4. The minimum Gasteiger partial charge on any atom is -0.495 e. The number of hydrogen-bond donors (Lipinski definition) is 3. The topological polar surface area (TPSA) is 94.9 Å². The van der Waals surface area contributed by atoms with Gasteiger partial charge in [-0.25, -0.2) is 4.99 Å². The summed E-state index contributed by atoms with van der Waals surface area (Å²) in [4.78, 5) is 4.47. The van der Waals surface area contributed by atoms with Gasteiger partial charge in [0.2, 0.25) is 0 Å². The van der Waals surface area contributed by atoms with Crippen molar-refractivity contribution in [2.75, 3.05) is 18.2 Å². The van der Waals surface area contributed by atoms with Crippen molar-refractivity contribution in [1.29, 1.82) is 0 Å². The lowest BCUT2D eigenvalue weighted by molar-refractivity contribution is 0.306. The van der Waals surface area contributed by atoms with E-state index in [0.29, 0.717) is 45.0 Å². The standard InChI is InChI=1S/C22H20Cl2N4O2/c1-29-21-10-19-16(9-18(21)25)22(26,28-12-27-19)14-5-6-20(17(24)8-14)30-11-13-3-2-4-15(23)7-13/h2-10,12H,11,25-26H2,1H3,(H,27,28). The molecule has 0 spiro atoms. The van der Waals surface area contributed by atoms with Gasteiger partial charge in [-0.1, -0.05) is 41.4 Å². The molecular weight excluding hydrogens is 423 g/mol. The number of benzene rings is 3. The Labute approximate surface area is 184 Å². The summed E-state index contributed by atoms with van der Waals surface area (Å²) in [5.41, 5.74) is 15.2. The molecule has 0 aromatic heterocycles.